The van der Waals surface area contributed by atoms with E-state index in [1.165, 1.54) is 11.1 Å². The highest BCUT2D eigenvalue weighted by molar-refractivity contribution is 6.38. The van der Waals surface area contributed by atoms with Crippen molar-refractivity contribution < 1.29 is 24.0 Å². The van der Waals surface area contributed by atoms with E-state index in [4.69, 9.17) is 0 Å². The lowest BCUT2D eigenvalue weighted by atomic mass is 9.86. The van der Waals surface area contributed by atoms with Crippen LogP contribution in [0.2, 0.25) is 0 Å². The number of rotatable bonds is 8. The van der Waals surface area contributed by atoms with E-state index in [9.17, 15) is 24.0 Å². The largest absolute Gasteiger partial charge is 0.356 e. The molecule has 4 amide bonds. The highest BCUT2D eigenvalue weighted by Crippen LogP contribution is 2.55. The maximum absolute atomic E-state index is 13.8. The molecule has 6 rings (SSSR count). The predicted octanol–water partition coefficient (Wildman–Crippen LogP) is 1.03. The molecule has 9 nitrogen and oxygen atoms in total. The molecule has 0 aromatic heterocycles. The van der Waals surface area contributed by atoms with Crippen molar-refractivity contribution in [1.29, 1.82) is 0 Å². The molecule has 3 aliphatic carbocycles. The van der Waals surface area contributed by atoms with Gasteiger partial charge in [-0.15, -0.1) is 0 Å². The summed E-state index contributed by atoms with van der Waals surface area (Å²) < 4.78 is 0. The summed E-state index contributed by atoms with van der Waals surface area (Å²) in [5.41, 5.74) is 2.46. The van der Waals surface area contributed by atoms with Crippen molar-refractivity contribution in [1.82, 2.24) is 20.9 Å². The molecule has 0 radical (unpaired) electrons. The lowest BCUT2D eigenvalue weighted by Gasteiger charge is -2.40. The highest BCUT2D eigenvalue weighted by Gasteiger charge is 2.52. The van der Waals surface area contributed by atoms with E-state index in [0.29, 0.717) is 38.8 Å². The zero-order chi connectivity index (χ0) is 26.4. The number of nitrogens with one attached hydrogen (secondary N) is 3. The smallest absolute Gasteiger partial charge is 0.289 e. The summed E-state index contributed by atoms with van der Waals surface area (Å²) in [6.07, 6.45) is 7.21. The highest BCUT2D eigenvalue weighted by atomic mass is 16.2. The molecule has 0 bridgehead atoms. The minimum absolute atomic E-state index is 0.00861. The molecule has 1 aromatic rings. The number of carbonyl (C=O) groups is 5. The Hall–Kier alpha value is -3.23. The van der Waals surface area contributed by atoms with Crippen molar-refractivity contribution in [3.05, 3.63) is 35.4 Å². The number of Topliss-reactive ketones (excluding diaryl/α,β-unsaturated/α-hetero) is 1. The molecule has 2 heterocycles. The van der Waals surface area contributed by atoms with E-state index < -0.39 is 35.6 Å². The molecule has 9 heteroatoms. The van der Waals surface area contributed by atoms with Crippen molar-refractivity contribution >= 4 is 29.4 Å². The van der Waals surface area contributed by atoms with E-state index in [1.54, 1.807) is 4.90 Å². The number of benzene rings is 1. The number of fused-ring (bicyclic) bond motifs is 1. The molecule has 3 atom stereocenters. The fourth-order valence-corrected chi connectivity index (χ4v) is 6.53. The van der Waals surface area contributed by atoms with Crippen molar-refractivity contribution in [3.8, 4) is 0 Å². The van der Waals surface area contributed by atoms with Gasteiger partial charge in [-0.1, -0.05) is 24.3 Å². The van der Waals surface area contributed by atoms with Gasteiger partial charge in [-0.25, -0.2) is 0 Å². The topological polar surface area (TPSA) is 125 Å². The van der Waals surface area contributed by atoms with Crippen LogP contribution < -0.4 is 16.0 Å². The summed E-state index contributed by atoms with van der Waals surface area (Å²) >= 11 is 0. The molecule has 4 fully saturated rings. The second kappa shape index (κ2) is 9.82. The van der Waals surface area contributed by atoms with Gasteiger partial charge in [0.2, 0.25) is 23.5 Å². The molecule has 38 heavy (non-hydrogen) atoms. The van der Waals surface area contributed by atoms with E-state index >= 15 is 0 Å². The van der Waals surface area contributed by atoms with E-state index in [0.717, 1.165) is 32.1 Å². The van der Waals surface area contributed by atoms with Gasteiger partial charge in [0.05, 0.1) is 6.04 Å². The second-order valence-corrected chi connectivity index (χ2v) is 12.1. The first-order valence-electron chi connectivity index (χ1n) is 14.1. The first-order chi connectivity index (χ1) is 18.3. The van der Waals surface area contributed by atoms with E-state index in [-0.39, 0.29) is 35.6 Å². The fourth-order valence-electron chi connectivity index (χ4n) is 6.53. The Morgan fingerprint density at radius 1 is 1.03 bits per heavy atom. The molecule has 1 aromatic carbocycles. The molecular weight excluding hydrogens is 484 g/mol. The van der Waals surface area contributed by atoms with Gasteiger partial charge >= 0.3 is 0 Å². The maximum Gasteiger partial charge on any atom is 0.289 e. The Morgan fingerprint density at radius 2 is 1.74 bits per heavy atom. The SMILES string of the molecule is O=C(NC1CC1)C(=O)C(C[C@@H]1CCNC1=O)NC(=O)[C@@H]1CC2(CCN1C(=O)C1Cc3ccccc3C1)CC2. The third kappa shape index (κ3) is 5.07. The molecule has 202 valence electrons. The van der Waals surface area contributed by atoms with Gasteiger partial charge in [0, 0.05) is 31.0 Å². The Balaban J connectivity index is 1.19. The molecule has 2 saturated heterocycles. The minimum Gasteiger partial charge on any atom is -0.356 e. The van der Waals surface area contributed by atoms with Crippen LogP contribution in [0.4, 0.5) is 0 Å². The molecule has 1 spiro atoms. The predicted molar refractivity (Wildman–Crippen MR) is 138 cm³/mol. The van der Waals surface area contributed by atoms with Gasteiger partial charge in [-0.3, -0.25) is 24.0 Å². The zero-order valence-electron chi connectivity index (χ0n) is 21.7. The van der Waals surface area contributed by atoms with Crippen LogP contribution in [0, 0.1) is 17.3 Å². The number of likely N-dealkylation sites (tertiary alicyclic amines) is 1. The summed E-state index contributed by atoms with van der Waals surface area (Å²) in [5.74, 6) is -2.63. The third-order valence-electron chi connectivity index (χ3n) is 9.28. The average Bonchev–Trinajstić information content (AvgIpc) is 3.80. The van der Waals surface area contributed by atoms with E-state index in [2.05, 4.69) is 28.1 Å². The van der Waals surface area contributed by atoms with Crippen molar-refractivity contribution in [2.45, 2.75) is 82.3 Å². The molecular formula is C29H36N4O5. The molecule has 2 saturated carbocycles. The zero-order valence-corrected chi connectivity index (χ0v) is 21.7. The van der Waals surface area contributed by atoms with Gasteiger partial charge in [0.15, 0.2) is 0 Å². The van der Waals surface area contributed by atoms with Crippen LogP contribution in [-0.4, -0.2) is 65.5 Å². The number of amides is 4. The second-order valence-electron chi connectivity index (χ2n) is 12.1. The Labute approximate surface area is 222 Å². The number of hydrogen-bond donors (Lipinski definition) is 3. The number of piperidine rings is 1. The molecule has 3 N–H and O–H groups in total. The number of ketones is 1. The summed E-state index contributed by atoms with van der Waals surface area (Å²) in [7, 11) is 0. The molecule has 5 aliphatic rings. The lowest BCUT2D eigenvalue weighted by Crippen LogP contribution is -2.59. The summed E-state index contributed by atoms with van der Waals surface area (Å²) in [6.45, 7) is 1.04. The summed E-state index contributed by atoms with van der Waals surface area (Å²) in [6, 6.07) is 6.33. The van der Waals surface area contributed by atoms with Gasteiger partial charge < -0.3 is 20.9 Å². The summed E-state index contributed by atoms with van der Waals surface area (Å²) in [4.78, 5) is 67.4. The first kappa shape index (κ1) is 25.1. The lowest BCUT2D eigenvalue weighted by molar-refractivity contribution is -0.148. The monoisotopic (exact) mass is 520 g/mol. The van der Waals surface area contributed by atoms with Crippen LogP contribution in [-0.2, 0) is 36.8 Å². The number of carbonyl (C=O) groups excluding carboxylic acids is 5. The van der Waals surface area contributed by atoms with Gasteiger partial charge in [0.1, 0.15) is 6.04 Å². The normalized spacial score (nSPS) is 26.4. The standard InChI is InChI=1S/C29H36N4O5/c34-24(27(37)31-21-5-6-21)22(15-19-7-11-30-25(19)35)32-26(36)23-16-29(8-9-29)10-12-33(23)28(38)20-13-17-3-1-2-4-18(17)14-20/h1-4,19-23H,5-16H2,(H,30,35)(H,31,37)(H,32,36)/t19-,22?,23-/m0/s1. The van der Waals surface area contributed by atoms with Gasteiger partial charge in [-0.05, 0) is 80.8 Å². The van der Waals surface area contributed by atoms with Crippen LogP contribution in [0.5, 0.6) is 0 Å². The van der Waals surface area contributed by atoms with Crippen LogP contribution in [0.1, 0.15) is 62.5 Å². The Kier molecular flexibility index (Phi) is 6.48. The summed E-state index contributed by atoms with van der Waals surface area (Å²) in [5, 5.41) is 8.32. The van der Waals surface area contributed by atoms with Crippen molar-refractivity contribution in [2.24, 2.45) is 17.3 Å². The third-order valence-corrected chi connectivity index (χ3v) is 9.28. The fraction of sp³-hybridized carbons (Fsp3) is 0.621. The quantitative estimate of drug-likeness (QED) is 0.442. The Morgan fingerprint density at radius 3 is 2.34 bits per heavy atom. The van der Waals surface area contributed by atoms with Crippen molar-refractivity contribution in [3.63, 3.8) is 0 Å². The average molecular weight is 521 g/mol. The van der Waals surface area contributed by atoms with Crippen molar-refractivity contribution in [2.75, 3.05) is 13.1 Å². The molecule has 1 unspecified atom stereocenters. The van der Waals surface area contributed by atoms with E-state index in [1.807, 2.05) is 12.1 Å². The van der Waals surface area contributed by atoms with Gasteiger partial charge in [-0.2, -0.15) is 0 Å². The van der Waals surface area contributed by atoms with Gasteiger partial charge in [0.25, 0.3) is 5.91 Å². The number of nitrogens with zero attached hydrogens (tertiary/aromatic N) is 1. The van der Waals surface area contributed by atoms with Crippen LogP contribution >= 0.6 is 0 Å². The number of hydrogen-bond acceptors (Lipinski definition) is 5. The molecule has 2 aliphatic heterocycles. The van der Waals surface area contributed by atoms with Crippen LogP contribution in [0.25, 0.3) is 0 Å². The first-order valence-corrected chi connectivity index (χ1v) is 14.1. The Bertz CT molecular complexity index is 1150. The van der Waals surface area contributed by atoms with Crippen LogP contribution in [0.15, 0.2) is 24.3 Å². The minimum atomic E-state index is -1.10. The van der Waals surface area contributed by atoms with Crippen LogP contribution in [0.3, 0.4) is 0 Å². The maximum atomic E-state index is 13.8.